The molecule has 1 aromatic rings. The zero-order chi connectivity index (χ0) is 26.9. The van der Waals surface area contributed by atoms with Crippen molar-refractivity contribution in [2.24, 2.45) is 5.92 Å². The van der Waals surface area contributed by atoms with Crippen LogP contribution in [0.1, 0.15) is 50.4 Å². The number of nitrogens with one attached hydrogen (secondary N) is 1. The van der Waals surface area contributed by atoms with Crippen molar-refractivity contribution in [1.29, 1.82) is 0 Å². The predicted molar refractivity (Wildman–Crippen MR) is 133 cm³/mol. The summed E-state index contributed by atoms with van der Waals surface area (Å²) in [5, 5.41) is 2.78. The van der Waals surface area contributed by atoms with Gasteiger partial charge in [0.25, 0.3) is 0 Å². The molecule has 0 heterocycles. The Kier molecular flexibility index (Phi) is 12.2. The standard InChI is InChI=1S/C24H33Cl2N3O6/c1-14(2)12-19(29(6)15(3)30)23(33)27-18(10-11-21(32)28(4)5)20(31)13-35-24(34)22-16(25)8-7-9-17(22)26/h7-9,14,18-19H,10-13H2,1-6H3,(H,27,33)/t18?,19-/m0/s1. The molecule has 0 aliphatic rings. The van der Waals surface area contributed by atoms with E-state index in [1.165, 1.54) is 35.9 Å². The molecule has 35 heavy (non-hydrogen) atoms. The number of ether oxygens (including phenoxy) is 1. The second-order valence-corrected chi connectivity index (χ2v) is 9.62. The van der Waals surface area contributed by atoms with Gasteiger partial charge in [0.1, 0.15) is 6.04 Å². The lowest BCUT2D eigenvalue weighted by Crippen LogP contribution is -2.53. The Labute approximate surface area is 216 Å². The number of likely N-dealkylation sites (N-methyl/N-ethyl adjacent to an activating group) is 1. The normalized spacial score (nSPS) is 12.5. The Balaban J connectivity index is 3.04. The van der Waals surface area contributed by atoms with Gasteiger partial charge < -0.3 is 19.9 Å². The molecule has 0 aromatic heterocycles. The van der Waals surface area contributed by atoms with Gasteiger partial charge in [0.2, 0.25) is 17.7 Å². The number of hydrogen-bond donors (Lipinski definition) is 1. The summed E-state index contributed by atoms with van der Waals surface area (Å²) in [4.78, 5) is 65.1. The molecule has 11 heteroatoms. The molecule has 1 aromatic carbocycles. The molecule has 1 unspecified atom stereocenters. The van der Waals surface area contributed by atoms with Crippen LogP contribution in [0.2, 0.25) is 10.0 Å². The van der Waals surface area contributed by atoms with E-state index in [-0.39, 0.29) is 46.2 Å². The van der Waals surface area contributed by atoms with E-state index in [0.29, 0.717) is 6.42 Å². The van der Waals surface area contributed by atoms with Crippen LogP contribution >= 0.6 is 23.2 Å². The number of Topliss-reactive ketones (excluding diaryl/α,β-unsaturated/α-hetero) is 1. The summed E-state index contributed by atoms with van der Waals surface area (Å²) in [6, 6.07) is 2.56. The van der Waals surface area contributed by atoms with Crippen LogP contribution in [0.25, 0.3) is 0 Å². The smallest absolute Gasteiger partial charge is 0.341 e. The fraction of sp³-hybridized carbons (Fsp3) is 0.542. The first kappa shape index (κ1) is 30.4. The average Bonchev–Trinajstić information content (AvgIpc) is 2.77. The van der Waals surface area contributed by atoms with Gasteiger partial charge in [-0.2, -0.15) is 0 Å². The van der Waals surface area contributed by atoms with Crippen LogP contribution in [0.15, 0.2) is 18.2 Å². The maximum atomic E-state index is 13.1. The number of nitrogens with zero attached hydrogens (tertiary/aromatic N) is 2. The van der Waals surface area contributed by atoms with Crippen LogP contribution in [0.3, 0.4) is 0 Å². The Bertz CT molecular complexity index is 931. The van der Waals surface area contributed by atoms with Gasteiger partial charge in [0.15, 0.2) is 12.4 Å². The van der Waals surface area contributed by atoms with Crippen LogP contribution in [-0.4, -0.2) is 79.1 Å². The SMILES string of the molecule is CC(=O)N(C)[C@@H](CC(C)C)C(=O)NC(CCC(=O)N(C)C)C(=O)COC(=O)c1c(Cl)cccc1Cl. The van der Waals surface area contributed by atoms with Gasteiger partial charge in [-0.15, -0.1) is 0 Å². The van der Waals surface area contributed by atoms with Crippen molar-refractivity contribution in [3.8, 4) is 0 Å². The van der Waals surface area contributed by atoms with Crippen molar-refractivity contribution >= 4 is 52.7 Å². The first-order valence-corrected chi connectivity index (χ1v) is 11.9. The maximum Gasteiger partial charge on any atom is 0.341 e. The Hall–Kier alpha value is -2.65. The van der Waals surface area contributed by atoms with Crippen LogP contribution in [-0.2, 0) is 23.9 Å². The van der Waals surface area contributed by atoms with Crippen LogP contribution < -0.4 is 5.32 Å². The van der Waals surface area contributed by atoms with E-state index in [1.807, 2.05) is 13.8 Å². The van der Waals surface area contributed by atoms with E-state index in [4.69, 9.17) is 27.9 Å². The molecule has 0 radical (unpaired) electrons. The van der Waals surface area contributed by atoms with Crippen LogP contribution in [0, 0.1) is 5.92 Å². The minimum Gasteiger partial charge on any atom is -0.454 e. The van der Waals surface area contributed by atoms with Crippen molar-refractivity contribution in [3.05, 3.63) is 33.8 Å². The largest absolute Gasteiger partial charge is 0.454 e. The van der Waals surface area contributed by atoms with Gasteiger partial charge in [-0.25, -0.2) is 4.79 Å². The molecule has 9 nitrogen and oxygen atoms in total. The van der Waals surface area contributed by atoms with Gasteiger partial charge in [0, 0.05) is 34.5 Å². The second kappa shape index (κ2) is 14.0. The molecule has 0 bridgehead atoms. The first-order chi connectivity index (χ1) is 16.3. The number of rotatable bonds is 12. The quantitative estimate of drug-likeness (QED) is 0.416. The van der Waals surface area contributed by atoms with Gasteiger partial charge in [-0.05, 0) is 30.9 Å². The van der Waals surface area contributed by atoms with Gasteiger partial charge in [0.05, 0.1) is 21.7 Å². The summed E-state index contributed by atoms with van der Waals surface area (Å²) in [6.45, 7) is 4.50. The Morgan fingerprint density at radius 1 is 1.03 bits per heavy atom. The number of esters is 1. The molecule has 0 aliphatic heterocycles. The highest BCUT2D eigenvalue weighted by Gasteiger charge is 2.31. The number of carbonyl (C=O) groups excluding carboxylic acids is 5. The van der Waals surface area contributed by atoms with Gasteiger partial charge in [-0.1, -0.05) is 43.1 Å². The zero-order valence-electron chi connectivity index (χ0n) is 20.9. The van der Waals surface area contributed by atoms with Crippen molar-refractivity contribution in [2.45, 2.75) is 52.1 Å². The molecule has 1 rings (SSSR count). The summed E-state index contributed by atoms with van der Waals surface area (Å²) in [7, 11) is 4.66. The lowest BCUT2D eigenvalue weighted by molar-refractivity contribution is -0.139. The number of halogens is 2. The number of amides is 3. The van der Waals surface area contributed by atoms with E-state index < -0.39 is 36.4 Å². The van der Waals surface area contributed by atoms with Crippen LogP contribution in [0.4, 0.5) is 0 Å². The van der Waals surface area contributed by atoms with Crippen molar-refractivity contribution in [3.63, 3.8) is 0 Å². The monoisotopic (exact) mass is 529 g/mol. The van der Waals surface area contributed by atoms with Gasteiger partial charge >= 0.3 is 5.97 Å². The number of benzene rings is 1. The molecule has 0 saturated carbocycles. The molecule has 3 amide bonds. The molecule has 2 atom stereocenters. The maximum absolute atomic E-state index is 13.1. The molecular weight excluding hydrogens is 497 g/mol. The van der Waals surface area contributed by atoms with Crippen molar-refractivity contribution in [1.82, 2.24) is 15.1 Å². The van der Waals surface area contributed by atoms with E-state index >= 15 is 0 Å². The molecule has 0 saturated heterocycles. The van der Waals surface area contributed by atoms with E-state index in [2.05, 4.69) is 5.32 Å². The highest BCUT2D eigenvalue weighted by atomic mass is 35.5. The van der Waals surface area contributed by atoms with Crippen LogP contribution in [0.5, 0.6) is 0 Å². The highest BCUT2D eigenvalue weighted by Crippen LogP contribution is 2.25. The Morgan fingerprint density at radius 3 is 2.09 bits per heavy atom. The van der Waals surface area contributed by atoms with E-state index in [0.717, 1.165) is 0 Å². The summed E-state index contributed by atoms with van der Waals surface area (Å²) < 4.78 is 5.11. The number of carbonyl (C=O) groups is 5. The topological polar surface area (TPSA) is 113 Å². The van der Waals surface area contributed by atoms with E-state index in [9.17, 15) is 24.0 Å². The number of ketones is 1. The van der Waals surface area contributed by atoms with Gasteiger partial charge in [-0.3, -0.25) is 19.2 Å². The summed E-state index contributed by atoms with van der Waals surface area (Å²) >= 11 is 12.0. The first-order valence-electron chi connectivity index (χ1n) is 11.1. The molecule has 194 valence electrons. The molecule has 0 fully saturated rings. The van der Waals surface area contributed by atoms with E-state index in [1.54, 1.807) is 20.2 Å². The Morgan fingerprint density at radius 2 is 1.60 bits per heavy atom. The lowest BCUT2D eigenvalue weighted by atomic mass is 10.00. The predicted octanol–water partition coefficient (Wildman–Crippen LogP) is 2.97. The molecular formula is C24H33Cl2N3O6. The highest BCUT2D eigenvalue weighted by molar-refractivity contribution is 6.39. The molecule has 1 N–H and O–H groups in total. The summed E-state index contributed by atoms with van der Waals surface area (Å²) in [5.74, 6) is -2.49. The summed E-state index contributed by atoms with van der Waals surface area (Å²) in [5.41, 5.74) is -0.0768. The lowest BCUT2D eigenvalue weighted by Gasteiger charge is -2.29. The third kappa shape index (κ3) is 9.49. The van der Waals surface area contributed by atoms with Crippen molar-refractivity contribution in [2.75, 3.05) is 27.7 Å². The second-order valence-electron chi connectivity index (χ2n) is 8.80. The average molecular weight is 530 g/mol. The fourth-order valence-corrected chi connectivity index (χ4v) is 3.73. The number of hydrogen-bond acceptors (Lipinski definition) is 6. The molecule has 0 spiro atoms. The third-order valence-corrected chi connectivity index (χ3v) is 5.95. The molecule has 0 aliphatic carbocycles. The zero-order valence-corrected chi connectivity index (χ0v) is 22.4. The minimum absolute atomic E-state index is 0.00975. The fourth-order valence-electron chi connectivity index (χ4n) is 3.18. The van der Waals surface area contributed by atoms with Crippen molar-refractivity contribution < 1.29 is 28.7 Å². The third-order valence-electron chi connectivity index (χ3n) is 5.32. The summed E-state index contributed by atoms with van der Waals surface area (Å²) in [6.07, 6.45) is 0.342. The minimum atomic E-state index is -1.11.